The van der Waals surface area contributed by atoms with Gasteiger partial charge in [0, 0.05) is 13.1 Å². The highest BCUT2D eigenvalue weighted by molar-refractivity contribution is 6.41. The van der Waals surface area contributed by atoms with E-state index in [0.717, 1.165) is 13.0 Å². The molecule has 0 bridgehead atoms. The molecule has 0 unspecified atom stereocenters. The number of carbonyl (C=O) groups is 1. The van der Waals surface area contributed by atoms with Crippen LogP contribution >= 0.6 is 11.6 Å². The van der Waals surface area contributed by atoms with E-state index in [1.807, 2.05) is 6.92 Å². The summed E-state index contributed by atoms with van der Waals surface area (Å²) in [6, 6.07) is 0. The smallest absolute Gasteiger partial charge is 0.265 e. The van der Waals surface area contributed by atoms with E-state index in [-0.39, 0.29) is 10.9 Å². The fraction of sp³-hybridized carbons (Fsp3) is 0.444. The van der Waals surface area contributed by atoms with Crippen LogP contribution in [-0.2, 0) is 4.79 Å². The summed E-state index contributed by atoms with van der Waals surface area (Å²) >= 11 is 5.50. The SMILES string of the molecule is C=C(Cl)C(=O)N1CCC=C(C)C1. The zero-order chi connectivity index (χ0) is 9.14. The van der Waals surface area contributed by atoms with E-state index in [4.69, 9.17) is 11.6 Å². The summed E-state index contributed by atoms with van der Waals surface area (Å²) in [6.45, 7) is 6.86. The van der Waals surface area contributed by atoms with Crippen LogP contribution in [0.1, 0.15) is 13.3 Å². The Hall–Kier alpha value is -0.760. The molecule has 0 fully saturated rings. The number of rotatable bonds is 1. The Morgan fingerprint density at radius 1 is 1.75 bits per heavy atom. The van der Waals surface area contributed by atoms with Crippen molar-refractivity contribution in [1.29, 1.82) is 0 Å². The lowest BCUT2D eigenvalue weighted by molar-refractivity contribution is -0.126. The summed E-state index contributed by atoms with van der Waals surface area (Å²) in [5, 5.41) is 0.102. The van der Waals surface area contributed by atoms with Crippen LogP contribution in [0.15, 0.2) is 23.3 Å². The van der Waals surface area contributed by atoms with E-state index in [1.54, 1.807) is 4.90 Å². The van der Waals surface area contributed by atoms with Gasteiger partial charge in [0.1, 0.15) is 0 Å². The predicted octanol–water partition coefficient (Wildman–Crippen LogP) is 1.92. The van der Waals surface area contributed by atoms with Crippen molar-refractivity contribution in [2.45, 2.75) is 13.3 Å². The highest BCUT2D eigenvalue weighted by Crippen LogP contribution is 2.12. The molecular weight excluding hydrogens is 174 g/mol. The summed E-state index contributed by atoms with van der Waals surface area (Å²) in [5.41, 5.74) is 1.22. The Bertz CT molecular complexity index is 245. The van der Waals surface area contributed by atoms with Gasteiger partial charge < -0.3 is 4.90 Å². The average molecular weight is 186 g/mol. The fourth-order valence-corrected chi connectivity index (χ4v) is 1.38. The van der Waals surface area contributed by atoms with E-state index < -0.39 is 0 Å². The topological polar surface area (TPSA) is 20.3 Å². The lowest BCUT2D eigenvalue weighted by Crippen LogP contribution is -2.35. The molecule has 0 aliphatic carbocycles. The standard InChI is InChI=1S/C9H12ClNO/c1-7-4-3-5-11(6-7)9(12)8(2)10/h4H,2-3,5-6H2,1H3. The number of nitrogens with zero attached hydrogens (tertiary/aromatic N) is 1. The summed E-state index contributed by atoms with van der Waals surface area (Å²) in [7, 11) is 0. The van der Waals surface area contributed by atoms with E-state index >= 15 is 0 Å². The van der Waals surface area contributed by atoms with Crippen LogP contribution in [0.5, 0.6) is 0 Å². The van der Waals surface area contributed by atoms with Crippen molar-refractivity contribution in [3.05, 3.63) is 23.3 Å². The molecule has 0 radical (unpaired) electrons. The van der Waals surface area contributed by atoms with E-state index in [9.17, 15) is 4.79 Å². The van der Waals surface area contributed by atoms with Gasteiger partial charge >= 0.3 is 0 Å². The van der Waals surface area contributed by atoms with Crippen molar-refractivity contribution in [3.63, 3.8) is 0 Å². The molecule has 2 nitrogen and oxygen atoms in total. The minimum atomic E-state index is -0.149. The normalized spacial score (nSPS) is 17.2. The van der Waals surface area contributed by atoms with Gasteiger partial charge in [-0.05, 0) is 13.3 Å². The van der Waals surface area contributed by atoms with Crippen LogP contribution in [-0.4, -0.2) is 23.9 Å². The number of carbonyl (C=O) groups excluding carboxylic acids is 1. The molecule has 0 atom stereocenters. The third kappa shape index (κ3) is 2.11. The molecule has 0 saturated heterocycles. The van der Waals surface area contributed by atoms with Gasteiger partial charge in [-0.25, -0.2) is 0 Å². The number of hydrogen-bond acceptors (Lipinski definition) is 1. The number of amides is 1. The Labute approximate surface area is 77.5 Å². The molecule has 1 amide bonds. The Morgan fingerprint density at radius 2 is 2.42 bits per heavy atom. The molecule has 1 heterocycles. The average Bonchev–Trinajstić information content (AvgIpc) is 2.03. The maximum Gasteiger partial charge on any atom is 0.265 e. The zero-order valence-corrected chi connectivity index (χ0v) is 7.90. The molecule has 0 aromatic heterocycles. The van der Waals surface area contributed by atoms with E-state index in [1.165, 1.54) is 5.57 Å². The maximum absolute atomic E-state index is 11.3. The van der Waals surface area contributed by atoms with Crippen molar-refractivity contribution < 1.29 is 4.79 Å². The molecule has 12 heavy (non-hydrogen) atoms. The minimum absolute atomic E-state index is 0.102. The van der Waals surface area contributed by atoms with Gasteiger partial charge in [-0.1, -0.05) is 29.8 Å². The van der Waals surface area contributed by atoms with Gasteiger partial charge in [-0.2, -0.15) is 0 Å². The quantitative estimate of drug-likeness (QED) is 0.452. The summed E-state index contributed by atoms with van der Waals surface area (Å²) in [4.78, 5) is 13.0. The van der Waals surface area contributed by atoms with Gasteiger partial charge in [-0.15, -0.1) is 0 Å². The Balaban J connectivity index is 2.61. The first-order chi connectivity index (χ1) is 5.61. The van der Waals surface area contributed by atoms with Crippen molar-refractivity contribution >= 4 is 17.5 Å². The van der Waals surface area contributed by atoms with E-state index in [2.05, 4.69) is 12.7 Å². The van der Waals surface area contributed by atoms with Crippen LogP contribution in [0.2, 0.25) is 0 Å². The second kappa shape index (κ2) is 3.76. The molecule has 3 heteroatoms. The lowest BCUT2D eigenvalue weighted by Gasteiger charge is -2.25. The van der Waals surface area contributed by atoms with Gasteiger partial charge in [0.25, 0.3) is 5.91 Å². The van der Waals surface area contributed by atoms with Crippen molar-refractivity contribution in [2.75, 3.05) is 13.1 Å². The minimum Gasteiger partial charge on any atom is -0.334 e. The van der Waals surface area contributed by atoms with Gasteiger partial charge in [0.15, 0.2) is 0 Å². The van der Waals surface area contributed by atoms with Crippen LogP contribution in [0.4, 0.5) is 0 Å². The van der Waals surface area contributed by atoms with Gasteiger partial charge in [-0.3, -0.25) is 4.79 Å². The zero-order valence-electron chi connectivity index (χ0n) is 7.14. The second-order valence-corrected chi connectivity index (χ2v) is 3.43. The molecule has 0 aromatic rings. The van der Waals surface area contributed by atoms with Crippen LogP contribution in [0, 0.1) is 0 Å². The first-order valence-corrected chi connectivity index (χ1v) is 4.28. The fourth-order valence-electron chi connectivity index (χ4n) is 1.26. The summed E-state index contributed by atoms with van der Waals surface area (Å²) < 4.78 is 0. The number of hydrogen-bond donors (Lipinski definition) is 0. The first kappa shape index (κ1) is 9.33. The third-order valence-electron chi connectivity index (χ3n) is 1.85. The molecule has 1 aliphatic heterocycles. The van der Waals surface area contributed by atoms with Crippen LogP contribution in [0.3, 0.4) is 0 Å². The molecule has 1 rings (SSSR count). The lowest BCUT2D eigenvalue weighted by atomic mass is 10.1. The highest BCUT2D eigenvalue weighted by atomic mass is 35.5. The molecule has 0 N–H and O–H groups in total. The van der Waals surface area contributed by atoms with Crippen LogP contribution < -0.4 is 0 Å². The largest absolute Gasteiger partial charge is 0.334 e. The second-order valence-electron chi connectivity index (χ2n) is 2.97. The molecule has 1 aliphatic rings. The highest BCUT2D eigenvalue weighted by Gasteiger charge is 2.17. The van der Waals surface area contributed by atoms with Crippen molar-refractivity contribution in [2.24, 2.45) is 0 Å². The maximum atomic E-state index is 11.3. The molecule has 66 valence electrons. The van der Waals surface area contributed by atoms with Gasteiger partial charge in [0.05, 0.1) is 5.03 Å². The summed E-state index contributed by atoms with van der Waals surface area (Å²) in [5.74, 6) is -0.149. The van der Waals surface area contributed by atoms with Crippen molar-refractivity contribution in [1.82, 2.24) is 4.90 Å². The third-order valence-corrected chi connectivity index (χ3v) is 2.01. The Morgan fingerprint density at radius 3 is 2.92 bits per heavy atom. The Kier molecular flexibility index (Phi) is 2.93. The number of halogens is 1. The molecule has 0 saturated carbocycles. The van der Waals surface area contributed by atoms with Crippen LogP contribution in [0.25, 0.3) is 0 Å². The molecule has 0 spiro atoms. The molecular formula is C9H12ClNO. The van der Waals surface area contributed by atoms with Crippen molar-refractivity contribution in [3.8, 4) is 0 Å². The molecule has 0 aromatic carbocycles. The van der Waals surface area contributed by atoms with Gasteiger partial charge in [0.2, 0.25) is 0 Å². The predicted molar refractivity (Wildman–Crippen MR) is 49.9 cm³/mol. The summed E-state index contributed by atoms with van der Waals surface area (Å²) in [6.07, 6.45) is 3.06. The monoisotopic (exact) mass is 185 g/mol. The first-order valence-electron chi connectivity index (χ1n) is 3.90. The van der Waals surface area contributed by atoms with E-state index in [0.29, 0.717) is 6.54 Å².